The number of benzene rings is 1. The lowest BCUT2D eigenvalue weighted by Crippen LogP contribution is -2.00. The molecule has 1 aliphatic rings. The van der Waals surface area contributed by atoms with Gasteiger partial charge in [-0.3, -0.25) is 4.79 Å². The fourth-order valence-corrected chi connectivity index (χ4v) is 2.18. The smallest absolute Gasteiger partial charge is 0.308 e. The first-order chi connectivity index (χ1) is 8.24. The lowest BCUT2D eigenvalue weighted by molar-refractivity contribution is -0.131. The molecular weight excluding hydrogens is 212 g/mol. The molecule has 0 spiro atoms. The number of hydrogen-bond donors (Lipinski definition) is 0. The van der Waals surface area contributed by atoms with E-state index in [1.54, 1.807) is 0 Å². The summed E-state index contributed by atoms with van der Waals surface area (Å²) in [5, 5.41) is 0. The van der Waals surface area contributed by atoms with Crippen LogP contribution in [-0.4, -0.2) is 5.97 Å². The van der Waals surface area contributed by atoms with Gasteiger partial charge in [0.25, 0.3) is 0 Å². The zero-order valence-electron chi connectivity index (χ0n) is 10.2. The van der Waals surface area contributed by atoms with E-state index in [2.05, 4.69) is 6.08 Å². The van der Waals surface area contributed by atoms with Crippen molar-refractivity contribution in [2.75, 3.05) is 0 Å². The summed E-state index contributed by atoms with van der Waals surface area (Å²) in [4.78, 5) is 10.8. The number of esters is 1. The van der Waals surface area contributed by atoms with E-state index in [-0.39, 0.29) is 5.97 Å². The van der Waals surface area contributed by atoms with Crippen molar-refractivity contribution in [3.05, 3.63) is 35.4 Å². The van der Waals surface area contributed by atoms with E-state index >= 15 is 0 Å². The molecule has 0 aromatic heterocycles. The molecular formula is C15H18O2. The van der Waals surface area contributed by atoms with Gasteiger partial charge in [0.05, 0.1) is 0 Å². The van der Waals surface area contributed by atoms with E-state index in [0.717, 1.165) is 0 Å². The van der Waals surface area contributed by atoms with Crippen molar-refractivity contribution < 1.29 is 9.53 Å². The molecule has 1 aromatic rings. The first-order valence-electron chi connectivity index (χ1n) is 6.22. The van der Waals surface area contributed by atoms with Crippen LogP contribution in [0.3, 0.4) is 0 Å². The SMILES string of the molecule is CC(=O)Oc1ccc(C=C2CCCCC2)cc1. The fourth-order valence-electron chi connectivity index (χ4n) is 2.18. The summed E-state index contributed by atoms with van der Waals surface area (Å²) in [5.74, 6) is 0.340. The first kappa shape index (κ1) is 11.9. The molecule has 17 heavy (non-hydrogen) atoms. The number of rotatable bonds is 2. The Morgan fingerprint density at radius 1 is 1.12 bits per heavy atom. The molecule has 2 heteroatoms. The van der Waals surface area contributed by atoms with Crippen LogP contribution in [0.25, 0.3) is 6.08 Å². The molecule has 0 saturated heterocycles. The lowest BCUT2D eigenvalue weighted by Gasteiger charge is -2.13. The van der Waals surface area contributed by atoms with Gasteiger partial charge in [0, 0.05) is 6.92 Å². The van der Waals surface area contributed by atoms with E-state index in [1.165, 1.54) is 50.2 Å². The molecule has 2 rings (SSSR count). The van der Waals surface area contributed by atoms with E-state index in [1.807, 2.05) is 24.3 Å². The minimum Gasteiger partial charge on any atom is -0.427 e. The highest BCUT2D eigenvalue weighted by Gasteiger charge is 2.05. The predicted molar refractivity (Wildman–Crippen MR) is 68.8 cm³/mol. The molecule has 2 nitrogen and oxygen atoms in total. The van der Waals surface area contributed by atoms with Crippen molar-refractivity contribution in [3.63, 3.8) is 0 Å². The van der Waals surface area contributed by atoms with Crippen molar-refractivity contribution in [2.24, 2.45) is 0 Å². The number of carbonyl (C=O) groups is 1. The first-order valence-corrected chi connectivity index (χ1v) is 6.22. The van der Waals surface area contributed by atoms with Crippen LogP contribution in [0.1, 0.15) is 44.6 Å². The minimum atomic E-state index is -0.275. The summed E-state index contributed by atoms with van der Waals surface area (Å²) in [6, 6.07) is 7.69. The molecule has 0 atom stereocenters. The zero-order valence-corrected chi connectivity index (χ0v) is 10.2. The molecule has 1 aromatic carbocycles. The molecule has 0 amide bonds. The standard InChI is InChI=1S/C15H18O2/c1-12(16)17-15-9-7-14(8-10-15)11-13-5-3-2-4-6-13/h7-11H,2-6H2,1H3. The monoisotopic (exact) mass is 230 g/mol. The fraction of sp³-hybridized carbons (Fsp3) is 0.400. The van der Waals surface area contributed by atoms with Crippen molar-refractivity contribution >= 4 is 12.0 Å². The molecule has 1 saturated carbocycles. The van der Waals surface area contributed by atoms with E-state index in [0.29, 0.717) is 5.75 Å². The molecule has 1 aliphatic carbocycles. The van der Waals surface area contributed by atoms with Gasteiger partial charge in [-0.05, 0) is 43.4 Å². The van der Waals surface area contributed by atoms with E-state index in [4.69, 9.17) is 4.74 Å². The van der Waals surface area contributed by atoms with Crippen LogP contribution in [0.15, 0.2) is 29.8 Å². The Balaban J connectivity index is 2.04. The Morgan fingerprint density at radius 3 is 2.35 bits per heavy atom. The maximum Gasteiger partial charge on any atom is 0.308 e. The Labute approximate surface area is 102 Å². The van der Waals surface area contributed by atoms with Crippen LogP contribution in [0, 0.1) is 0 Å². The summed E-state index contributed by atoms with van der Waals surface area (Å²) >= 11 is 0. The van der Waals surface area contributed by atoms with Crippen LogP contribution in [0.4, 0.5) is 0 Å². The topological polar surface area (TPSA) is 26.3 Å². The Kier molecular flexibility index (Phi) is 3.97. The van der Waals surface area contributed by atoms with Crippen molar-refractivity contribution in [1.82, 2.24) is 0 Å². The quantitative estimate of drug-likeness (QED) is 0.568. The van der Waals surface area contributed by atoms with Crippen LogP contribution in [0.5, 0.6) is 5.75 Å². The number of ether oxygens (including phenoxy) is 1. The Morgan fingerprint density at radius 2 is 1.76 bits per heavy atom. The van der Waals surface area contributed by atoms with Gasteiger partial charge in [-0.15, -0.1) is 0 Å². The summed E-state index contributed by atoms with van der Waals surface area (Å²) in [7, 11) is 0. The van der Waals surface area contributed by atoms with Gasteiger partial charge >= 0.3 is 5.97 Å². The van der Waals surface area contributed by atoms with Crippen molar-refractivity contribution in [1.29, 1.82) is 0 Å². The second-order valence-electron chi connectivity index (χ2n) is 4.53. The van der Waals surface area contributed by atoms with Crippen molar-refractivity contribution in [3.8, 4) is 5.75 Å². The van der Waals surface area contributed by atoms with E-state index < -0.39 is 0 Å². The highest BCUT2D eigenvalue weighted by molar-refractivity contribution is 5.69. The minimum absolute atomic E-state index is 0.275. The van der Waals surface area contributed by atoms with Crippen LogP contribution in [-0.2, 0) is 4.79 Å². The molecule has 90 valence electrons. The van der Waals surface area contributed by atoms with Gasteiger partial charge in [-0.25, -0.2) is 0 Å². The zero-order chi connectivity index (χ0) is 12.1. The lowest BCUT2D eigenvalue weighted by atomic mass is 9.93. The number of allylic oxidation sites excluding steroid dienone is 1. The van der Waals surface area contributed by atoms with Crippen LogP contribution < -0.4 is 4.74 Å². The summed E-state index contributed by atoms with van der Waals surface area (Å²) in [6.07, 6.45) is 8.71. The summed E-state index contributed by atoms with van der Waals surface area (Å²) in [5.41, 5.74) is 2.73. The molecule has 0 N–H and O–H groups in total. The largest absolute Gasteiger partial charge is 0.427 e. The third-order valence-electron chi connectivity index (χ3n) is 3.01. The van der Waals surface area contributed by atoms with Gasteiger partial charge in [-0.1, -0.05) is 30.2 Å². The average molecular weight is 230 g/mol. The highest BCUT2D eigenvalue weighted by atomic mass is 16.5. The maximum absolute atomic E-state index is 10.8. The normalized spacial score (nSPS) is 15.5. The highest BCUT2D eigenvalue weighted by Crippen LogP contribution is 2.25. The van der Waals surface area contributed by atoms with Gasteiger partial charge in [0.15, 0.2) is 0 Å². The molecule has 0 radical (unpaired) electrons. The summed E-state index contributed by atoms with van der Waals surface area (Å²) < 4.78 is 5.00. The number of hydrogen-bond acceptors (Lipinski definition) is 2. The Bertz CT molecular complexity index is 407. The molecule has 0 unspecified atom stereocenters. The third-order valence-corrected chi connectivity index (χ3v) is 3.01. The Hall–Kier alpha value is -1.57. The van der Waals surface area contributed by atoms with Crippen LogP contribution in [0.2, 0.25) is 0 Å². The van der Waals surface area contributed by atoms with Crippen molar-refractivity contribution in [2.45, 2.75) is 39.0 Å². The number of carbonyl (C=O) groups excluding carboxylic acids is 1. The van der Waals surface area contributed by atoms with Gasteiger partial charge < -0.3 is 4.74 Å². The second kappa shape index (κ2) is 5.67. The van der Waals surface area contributed by atoms with Gasteiger partial charge in [-0.2, -0.15) is 0 Å². The molecule has 0 bridgehead atoms. The molecule has 0 heterocycles. The molecule has 0 aliphatic heterocycles. The van der Waals surface area contributed by atoms with Gasteiger partial charge in [0.2, 0.25) is 0 Å². The maximum atomic E-state index is 10.8. The second-order valence-corrected chi connectivity index (χ2v) is 4.53. The molecule has 1 fully saturated rings. The predicted octanol–water partition coefficient (Wildman–Crippen LogP) is 3.96. The van der Waals surface area contributed by atoms with Crippen LogP contribution >= 0.6 is 0 Å². The third kappa shape index (κ3) is 3.74. The van der Waals surface area contributed by atoms with E-state index in [9.17, 15) is 4.79 Å². The summed E-state index contributed by atoms with van der Waals surface area (Å²) in [6.45, 7) is 1.41. The van der Waals surface area contributed by atoms with Gasteiger partial charge in [0.1, 0.15) is 5.75 Å². The average Bonchev–Trinajstić information content (AvgIpc) is 2.32.